The molecule has 1 rings (SSSR count). The molecule has 19 heavy (non-hydrogen) atoms. The summed E-state index contributed by atoms with van der Waals surface area (Å²) in [5, 5.41) is 0. The van der Waals surface area contributed by atoms with E-state index in [0.29, 0.717) is 5.56 Å². The highest BCUT2D eigenvalue weighted by atomic mass is 16.2. The van der Waals surface area contributed by atoms with Crippen LogP contribution in [0.5, 0.6) is 0 Å². The Hall–Kier alpha value is -1.64. The second-order valence-corrected chi connectivity index (χ2v) is 5.44. The van der Waals surface area contributed by atoms with Gasteiger partial charge in [0.15, 0.2) is 5.78 Å². The predicted octanol–water partition coefficient (Wildman–Crippen LogP) is 2.99. The summed E-state index contributed by atoms with van der Waals surface area (Å²) in [6, 6.07) is 5.23. The molecule has 0 aliphatic heterocycles. The number of ketones is 1. The smallest absolute Gasteiger partial charge is 0.225 e. The number of carbonyl (C=O) groups excluding carboxylic acids is 2. The summed E-state index contributed by atoms with van der Waals surface area (Å²) in [4.78, 5) is 25.8. The van der Waals surface area contributed by atoms with Gasteiger partial charge in [-0.1, -0.05) is 26.0 Å². The van der Waals surface area contributed by atoms with E-state index < -0.39 is 6.04 Å². The number of nitrogens with zero attached hydrogens (tertiary/aromatic N) is 1. The summed E-state index contributed by atoms with van der Waals surface area (Å²) in [5.74, 6) is -0.121. The SMILES string of the molecule is Cc1ccc(C(=O)C(C)N(C)C(=O)C(C)C)cc1C. The zero-order valence-electron chi connectivity index (χ0n) is 12.7. The number of benzene rings is 1. The summed E-state index contributed by atoms with van der Waals surface area (Å²) in [6.07, 6.45) is 0. The summed E-state index contributed by atoms with van der Waals surface area (Å²) < 4.78 is 0. The lowest BCUT2D eigenvalue weighted by atomic mass is 9.99. The number of amides is 1. The summed E-state index contributed by atoms with van der Waals surface area (Å²) in [6.45, 7) is 9.46. The molecule has 0 fully saturated rings. The normalized spacial score (nSPS) is 12.4. The van der Waals surface area contributed by atoms with Gasteiger partial charge in [-0.15, -0.1) is 0 Å². The van der Waals surface area contributed by atoms with Crippen molar-refractivity contribution in [1.29, 1.82) is 0 Å². The molecule has 0 radical (unpaired) electrons. The fourth-order valence-corrected chi connectivity index (χ4v) is 1.91. The summed E-state index contributed by atoms with van der Waals surface area (Å²) in [7, 11) is 1.69. The van der Waals surface area contributed by atoms with E-state index in [1.165, 1.54) is 4.90 Å². The lowest BCUT2D eigenvalue weighted by molar-refractivity contribution is -0.134. The minimum atomic E-state index is -0.433. The Morgan fingerprint density at radius 1 is 1.05 bits per heavy atom. The van der Waals surface area contributed by atoms with E-state index >= 15 is 0 Å². The Bertz CT molecular complexity index is 492. The number of Topliss-reactive ketones (excluding diaryl/α,β-unsaturated/α-hetero) is 1. The minimum absolute atomic E-state index is 0.00955. The van der Waals surface area contributed by atoms with E-state index in [9.17, 15) is 9.59 Å². The Morgan fingerprint density at radius 2 is 1.63 bits per heavy atom. The highest BCUT2D eigenvalue weighted by molar-refractivity contribution is 6.01. The van der Waals surface area contributed by atoms with Gasteiger partial charge in [0.25, 0.3) is 0 Å². The van der Waals surface area contributed by atoms with E-state index in [1.807, 2.05) is 45.9 Å². The molecule has 0 N–H and O–H groups in total. The average molecular weight is 261 g/mol. The molecular weight excluding hydrogens is 238 g/mol. The van der Waals surface area contributed by atoms with E-state index in [0.717, 1.165) is 11.1 Å². The lowest BCUT2D eigenvalue weighted by Gasteiger charge is -2.25. The van der Waals surface area contributed by atoms with Gasteiger partial charge in [-0.2, -0.15) is 0 Å². The van der Waals surface area contributed by atoms with E-state index in [-0.39, 0.29) is 17.6 Å². The van der Waals surface area contributed by atoms with Gasteiger partial charge in [-0.25, -0.2) is 0 Å². The van der Waals surface area contributed by atoms with Crippen molar-refractivity contribution in [3.05, 3.63) is 34.9 Å². The third-order valence-corrected chi connectivity index (χ3v) is 3.59. The van der Waals surface area contributed by atoms with Crippen molar-refractivity contribution in [3.63, 3.8) is 0 Å². The molecule has 0 saturated heterocycles. The molecule has 1 unspecified atom stereocenters. The Kier molecular flexibility index (Phi) is 4.87. The Morgan fingerprint density at radius 3 is 2.11 bits per heavy atom. The first kappa shape index (κ1) is 15.4. The van der Waals surface area contributed by atoms with Gasteiger partial charge in [0.2, 0.25) is 5.91 Å². The molecule has 1 aromatic carbocycles. The highest BCUT2D eigenvalue weighted by Crippen LogP contribution is 2.14. The van der Waals surface area contributed by atoms with Crippen LogP contribution in [0.4, 0.5) is 0 Å². The average Bonchev–Trinajstić information content (AvgIpc) is 2.38. The molecule has 1 aromatic rings. The van der Waals surface area contributed by atoms with Crippen LogP contribution < -0.4 is 0 Å². The van der Waals surface area contributed by atoms with Crippen molar-refractivity contribution < 1.29 is 9.59 Å². The molecule has 0 heterocycles. The van der Waals surface area contributed by atoms with Crippen LogP contribution in [0.2, 0.25) is 0 Å². The molecular formula is C16H23NO2. The van der Waals surface area contributed by atoms with Crippen molar-refractivity contribution in [1.82, 2.24) is 4.90 Å². The first-order valence-corrected chi connectivity index (χ1v) is 6.63. The maximum absolute atomic E-state index is 12.4. The van der Waals surface area contributed by atoms with Crippen LogP contribution in [0, 0.1) is 19.8 Å². The minimum Gasteiger partial charge on any atom is -0.335 e. The highest BCUT2D eigenvalue weighted by Gasteiger charge is 2.24. The topological polar surface area (TPSA) is 37.4 Å². The standard InChI is InChI=1S/C16H23NO2/c1-10(2)16(19)17(6)13(5)15(18)14-8-7-11(3)12(4)9-14/h7-10,13H,1-6H3. The van der Waals surface area contributed by atoms with Gasteiger partial charge in [-0.05, 0) is 38.0 Å². The quantitative estimate of drug-likeness (QED) is 0.781. The number of carbonyl (C=O) groups is 2. The molecule has 3 nitrogen and oxygen atoms in total. The van der Waals surface area contributed by atoms with Crippen LogP contribution in [0.15, 0.2) is 18.2 Å². The van der Waals surface area contributed by atoms with Crippen LogP contribution in [-0.2, 0) is 4.79 Å². The third-order valence-electron chi connectivity index (χ3n) is 3.59. The maximum atomic E-state index is 12.4. The van der Waals surface area contributed by atoms with Crippen LogP contribution in [0.25, 0.3) is 0 Å². The number of rotatable bonds is 4. The molecule has 0 spiro atoms. The van der Waals surface area contributed by atoms with Crippen molar-refractivity contribution in [3.8, 4) is 0 Å². The number of hydrogen-bond acceptors (Lipinski definition) is 2. The summed E-state index contributed by atoms with van der Waals surface area (Å²) in [5.41, 5.74) is 2.92. The van der Waals surface area contributed by atoms with Crippen molar-refractivity contribution in [2.75, 3.05) is 7.05 Å². The van der Waals surface area contributed by atoms with Gasteiger partial charge in [0, 0.05) is 18.5 Å². The second-order valence-electron chi connectivity index (χ2n) is 5.44. The van der Waals surface area contributed by atoms with Crippen molar-refractivity contribution in [2.45, 2.75) is 40.7 Å². The second kappa shape index (κ2) is 6.00. The molecule has 3 heteroatoms. The van der Waals surface area contributed by atoms with Crippen molar-refractivity contribution >= 4 is 11.7 Å². The molecule has 1 amide bonds. The first-order valence-electron chi connectivity index (χ1n) is 6.63. The van der Waals surface area contributed by atoms with E-state index in [2.05, 4.69) is 0 Å². The van der Waals surface area contributed by atoms with Crippen LogP contribution >= 0.6 is 0 Å². The Balaban J connectivity index is 2.93. The van der Waals surface area contributed by atoms with Gasteiger partial charge in [0.05, 0.1) is 6.04 Å². The van der Waals surface area contributed by atoms with Gasteiger partial charge in [-0.3, -0.25) is 9.59 Å². The Labute approximate surface area is 115 Å². The predicted molar refractivity (Wildman–Crippen MR) is 77.3 cm³/mol. The molecule has 0 bridgehead atoms. The lowest BCUT2D eigenvalue weighted by Crippen LogP contribution is -2.42. The number of likely N-dealkylation sites (N-methyl/N-ethyl adjacent to an activating group) is 1. The van der Waals surface area contributed by atoms with Gasteiger partial charge < -0.3 is 4.90 Å². The molecule has 1 atom stereocenters. The number of hydrogen-bond donors (Lipinski definition) is 0. The fourth-order valence-electron chi connectivity index (χ4n) is 1.91. The molecule has 0 aliphatic carbocycles. The monoisotopic (exact) mass is 261 g/mol. The molecule has 0 aromatic heterocycles. The fraction of sp³-hybridized carbons (Fsp3) is 0.500. The molecule has 0 saturated carbocycles. The van der Waals surface area contributed by atoms with Gasteiger partial charge >= 0.3 is 0 Å². The van der Waals surface area contributed by atoms with Gasteiger partial charge in [0.1, 0.15) is 0 Å². The van der Waals surface area contributed by atoms with Crippen LogP contribution in [0.1, 0.15) is 42.3 Å². The van der Waals surface area contributed by atoms with Crippen LogP contribution in [0.3, 0.4) is 0 Å². The summed E-state index contributed by atoms with van der Waals surface area (Å²) >= 11 is 0. The zero-order chi connectivity index (χ0) is 14.7. The first-order chi connectivity index (χ1) is 8.75. The third kappa shape index (κ3) is 3.43. The zero-order valence-corrected chi connectivity index (χ0v) is 12.7. The van der Waals surface area contributed by atoms with Crippen molar-refractivity contribution in [2.24, 2.45) is 5.92 Å². The largest absolute Gasteiger partial charge is 0.335 e. The molecule has 0 aliphatic rings. The number of aryl methyl sites for hydroxylation is 2. The molecule has 104 valence electrons. The van der Waals surface area contributed by atoms with E-state index in [1.54, 1.807) is 14.0 Å². The van der Waals surface area contributed by atoms with E-state index in [4.69, 9.17) is 0 Å². The maximum Gasteiger partial charge on any atom is 0.225 e. The van der Waals surface area contributed by atoms with Crippen LogP contribution in [-0.4, -0.2) is 29.7 Å².